The average molecular weight is 383 g/mol. The van der Waals surface area contributed by atoms with Gasteiger partial charge in [-0.25, -0.2) is 0 Å². The van der Waals surface area contributed by atoms with E-state index in [1.807, 2.05) is 4.90 Å². The van der Waals surface area contributed by atoms with Crippen molar-refractivity contribution in [3.8, 4) is 11.4 Å². The molecule has 2 aromatic rings. The van der Waals surface area contributed by atoms with Gasteiger partial charge in [-0.05, 0) is 38.4 Å². The Labute approximate surface area is 154 Å². The second-order valence-corrected chi connectivity index (χ2v) is 6.41. The van der Waals surface area contributed by atoms with E-state index < -0.39 is 11.7 Å². The topological polar surface area (TPSA) is 68.5 Å². The Kier molecular flexibility index (Phi) is 5.79. The van der Waals surface area contributed by atoms with Gasteiger partial charge in [0, 0.05) is 12.1 Å². The van der Waals surface area contributed by atoms with Gasteiger partial charge in [0.25, 0.3) is 0 Å². The highest BCUT2D eigenvalue weighted by atomic mass is 19.4. The first-order chi connectivity index (χ1) is 12.9. The summed E-state index contributed by atoms with van der Waals surface area (Å²) in [7, 11) is 0. The third kappa shape index (κ3) is 4.85. The molecule has 0 amide bonds. The number of alkyl halides is 3. The number of benzene rings is 1. The Morgan fingerprint density at radius 2 is 2.07 bits per heavy atom. The predicted octanol–water partition coefficient (Wildman–Crippen LogP) is 3.53. The second kappa shape index (κ2) is 8.08. The maximum absolute atomic E-state index is 12.6. The summed E-state index contributed by atoms with van der Waals surface area (Å²) in [5.41, 5.74) is -0.283. The van der Waals surface area contributed by atoms with Crippen molar-refractivity contribution >= 4 is 5.97 Å². The summed E-state index contributed by atoms with van der Waals surface area (Å²) in [6, 6.07) is 4.60. The summed E-state index contributed by atoms with van der Waals surface area (Å²) >= 11 is 0. The monoisotopic (exact) mass is 383 g/mol. The summed E-state index contributed by atoms with van der Waals surface area (Å²) in [5, 5.41) is 3.84. The fraction of sp³-hybridized carbons (Fsp3) is 0.500. The summed E-state index contributed by atoms with van der Waals surface area (Å²) in [5.74, 6) is 0.223. The van der Waals surface area contributed by atoms with Crippen LogP contribution in [0.5, 0.6) is 0 Å². The van der Waals surface area contributed by atoms with E-state index in [-0.39, 0.29) is 17.7 Å². The quantitative estimate of drug-likeness (QED) is 0.736. The van der Waals surface area contributed by atoms with E-state index in [1.165, 1.54) is 12.1 Å². The van der Waals surface area contributed by atoms with Crippen LogP contribution in [-0.4, -0.2) is 40.7 Å². The van der Waals surface area contributed by atoms with Crippen LogP contribution in [0.1, 0.15) is 31.2 Å². The molecule has 0 bridgehead atoms. The van der Waals surface area contributed by atoms with Crippen molar-refractivity contribution in [3.05, 3.63) is 35.7 Å². The van der Waals surface area contributed by atoms with Crippen molar-refractivity contribution in [2.45, 2.75) is 32.5 Å². The Bertz CT molecular complexity index is 774. The van der Waals surface area contributed by atoms with Crippen LogP contribution in [0, 0.1) is 5.92 Å². The lowest BCUT2D eigenvalue weighted by Crippen LogP contribution is -2.39. The van der Waals surface area contributed by atoms with Gasteiger partial charge in [-0.1, -0.05) is 17.3 Å². The first kappa shape index (κ1) is 19.3. The van der Waals surface area contributed by atoms with Gasteiger partial charge >= 0.3 is 12.1 Å². The lowest BCUT2D eigenvalue weighted by molar-refractivity contribution is -0.150. The zero-order valence-electron chi connectivity index (χ0n) is 14.8. The summed E-state index contributed by atoms with van der Waals surface area (Å²) < 4.78 is 48.2. The van der Waals surface area contributed by atoms with Crippen LogP contribution >= 0.6 is 0 Å². The third-order valence-corrected chi connectivity index (χ3v) is 4.42. The van der Waals surface area contributed by atoms with E-state index >= 15 is 0 Å². The number of hydrogen-bond donors (Lipinski definition) is 0. The van der Waals surface area contributed by atoms with Crippen molar-refractivity contribution < 1.29 is 27.2 Å². The van der Waals surface area contributed by atoms with Gasteiger partial charge in [-0.2, -0.15) is 18.2 Å². The minimum atomic E-state index is -4.38. The fourth-order valence-electron chi connectivity index (χ4n) is 3.09. The fourth-order valence-corrected chi connectivity index (χ4v) is 3.09. The number of esters is 1. The molecule has 9 heteroatoms. The third-order valence-electron chi connectivity index (χ3n) is 4.42. The Hall–Kier alpha value is -2.42. The molecular formula is C18H20F3N3O3. The first-order valence-electron chi connectivity index (χ1n) is 8.76. The van der Waals surface area contributed by atoms with Crippen LogP contribution in [0.15, 0.2) is 28.8 Å². The first-order valence-corrected chi connectivity index (χ1v) is 8.76. The summed E-state index contributed by atoms with van der Waals surface area (Å²) in [6.07, 6.45) is -2.73. The molecule has 1 aliphatic rings. The van der Waals surface area contributed by atoms with Crippen molar-refractivity contribution in [3.63, 3.8) is 0 Å². The SMILES string of the molecule is CCOC(=O)C1CCCN(Cc2nc(-c3ccc(C(F)(F)F)cc3)no2)C1. The van der Waals surface area contributed by atoms with Gasteiger partial charge in [0.15, 0.2) is 0 Å². The standard InChI is InChI=1S/C18H20F3N3O3/c1-2-26-17(25)13-4-3-9-24(10-13)11-15-22-16(23-27-15)12-5-7-14(8-6-12)18(19,20)21/h5-8,13H,2-4,9-11H2,1H3. The molecule has 0 spiro atoms. The van der Waals surface area contributed by atoms with E-state index in [4.69, 9.17) is 9.26 Å². The molecule has 0 saturated carbocycles. The molecule has 1 aromatic carbocycles. The van der Waals surface area contributed by atoms with Crippen molar-refractivity contribution in [1.82, 2.24) is 15.0 Å². The lowest BCUT2D eigenvalue weighted by atomic mass is 9.98. The van der Waals surface area contributed by atoms with Crippen LogP contribution in [-0.2, 0) is 22.3 Å². The van der Waals surface area contributed by atoms with Crippen LogP contribution in [0.25, 0.3) is 11.4 Å². The number of aromatic nitrogens is 2. The molecule has 1 saturated heterocycles. The van der Waals surface area contributed by atoms with Gasteiger partial charge in [-0.3, -0.25) is 9.69 Å². The van der Waals surface area contributed by atoms with E-state index in [0.717, 1.165) is 31.5 Å². The molecule has 1 atom stereocenters. The summed E-state index contributed by atoms with van der Waals surface area (Å²) in [4.78, 5) is 18.2. The molecule has 1 unspecified atom stereocenters. The molecule has 27 heavy (non-hydrogen) atoms. The number of carbonyl (C=O) groups is 1. The molecule has 6 nitrogen and oxygen atoms in total. The minimum Gasteiger partial charge on any atom is -0.466 e. The average Bonchev–Trinajstić information content (AvgIpc) is 3.10. The lowest BCUT2D eigenvalue weighted by Gasteiger charge is -2.30. The highest BCUT2D eigenvalue weighted by Gasteiger charge is 2.30. The van der Waals surface area contributed by atoms with Crippen LogP contribution < -0.4 is 0 Å². The number of ether oxygens (including phenoxy) is 1. The number of nitrogens with zero attached hydrogens (tertiary/aromatic N) is 3. The van der Waals surface area contributed by atoms with Gasteiger partial charge in [-0.15, -0.1) is 0 Å². The maximum atomic E-state index is 12.6. The number of hydrogen-bond acceptors (Lipinski definition) is 6. The Morgan fingerprint density at radius 3 is 2.74 bits per heavy atom. The normalized spacial score (nSPS) is 18.4. The number of halogens is 3. The molecule has 3 rings (SSSR count). The molecule has 0 radical (unpaired) electrons. The number of carbonyl (C=O) groups excluding carboxylic acids is 1. The molecule has 0 aliphatic carbocycles. The molecule has 1 fully saturated rings. The smallest absolute Gasteiger partial charge is 0.416 e. The zero-order chi connectivity index (χ0) is 19.4. The molecule has 2 heterocycles. The molecule has 1 aromatic heterocycles. The number of piperidine rings is 1. The number of rotatable bonds is 5. The van der Waals surface area contributed by atoms with E-state index in [9.17, 15) is 18.0 Å². The van der Waals surface area contributed by atoms with E-state index in [1.54, 1.807) is 6.92 Å². The maximum Gasteiger partial charge on any atom is 0.416 e. The molecule has 1 aliphatic heterocycles. The molecule has 0 N–H and O–H groups in total. The van der Waals surface area contributed by atoms with E-state index in [2.05, 4.69) is 10.1 Å². The van der Waals surface area contributed by atoms with Crippen LogP contribution in [0.4, 0.5) is 13.2 Å². The van der Waals surface area contributed by atoms with Gasteiger partial charge in [0.1, 0.15) is 0 Å². The Morgan fingerprint density at radius 1 is 1.33 bits per heavy atom. The van der Waals surface area contributed by atoms with Gasteiger partial charge in [0.05, 0.1) is 24.6 Å². The van der Waals surface area contributed by atoms with Crippen molar-refractivity contribution in [2.75, 3.05) is 19.7 Å². The largest absolute Gasteiger partial charge is 0.466 e. The highest BCUT2D eigenvalue weighted by molar-refractivity contribution is 5.72. The highest BCUT2D eigenvalue weighted by Crippen LogP contribution is 2.30. The van der Waals surface area contributed by atoms with Crippen LogP contribution in [0.3, 0.4) is 0 Å². The van der Waals surface area contributed by atoms with Crippen molar-refractivity contribution in [1.29, 1.82) is 0 Å². The van der Waals surface area contributed by atoms with Crippen LogP contribution in [0.2, 0.25) is 0 Å². The zero-order valence-corrected chi connectivity index (χ0v) is 14.8. The predicted molar refractivity (Wildman–Crippen MR) is 89.4 cm³/mol. The van der Waals surface area contributed by atoms with Gasteiger partial charge in [0.2, 0.25) is 11.7 Å². The number of likely N-dealkylation sites (tertiary alicyclic amines) is 1. The second-order valence-electron chi connectivity index (χ2n) is 6.41. The van der Waals surface area contributed by atoms with Gasteiger partial charge < -0.3 is 9.26 Å². The molecule has 146 valence electrons. The van der Waals surface area contributed by atoms with Crippen molar-refractivity contribution in [2.24, 2.45) is 5.92 Å². The Balaban J connectivity index is 1.63. The molecular weight excluding hydrogens is 363 g/mol. The summed E-state index contributed by atoms with van der Waals surface area (Å²) in [6.45, 7) is 3.86. The van der Waals surface area contributed by atoms with E-state index in [0.29, 0.717) is 31.2 Å². The minimum absolute atomic E-state index is 0.170.